The molecule has 5 rings (SSSR count). The first kappa shape index (κ1) is 26.5. The van der Waals surface area contributed by atoms with E-state index in [9.17, 15) is 15.0 Å². The smallest absolute Gasteiger partial charge is 0.394 e. The average molecular weight is 528 g/mol. The minimum atomic E-state index is -1.62. The average Bonchev–Trinajstić information content (AvgIpc) is 3.50. The van der Waals surface area contributed by atoms with Gasteiger partial charge in [0.1, 0.15) is 18.1 Å². The minimum Gasteiger partial charge on any atom is -1.00 e. The highest BCUT2D eigenvalue weighted by Crippen LogP contribution is 2.15. The summed E-state index contributed by atoms with van der Waals surface area (Å²) >= 11 is 0. The number of aryl methyl sites for hydroxylation is 2. The van der Waals surface area contributed by atoms with Crippen LogP contribution in [0.25, 0.3) is 11.4 Å². The van der Waals surface area contributed by atoms with E-state index >= 15 is 0 Å². The summed E-state index contributed by atoms with van der Waals surface area (Å²) in [6.07, 6.45) is 7.66. The van der Waals surface area contributed by atoms with E-state index in [1.807, 2.05) is 77.7 Å². The van der Waals surface area contributed by atoms with E-state index in [1.54, 1.807) is 40.4 Å². The highest BCUT2D eigenvalue weighted by molar-refractivity contribution is 5.95. The molecule has 10 nitrogen and oxygen atoms in total. The second kappa shape index (κ2) is 10.6. The number of amides is 1. The first-order chi connectivity index (χ1) is 16.4. The van der Waals surface area contributed by atoms with Crippen molar-refractivity contribution in [3.05, 3.63) is 97.1 Å². The van der Waals surface area contributed by atoms with Gasteiger partial charge >= 0.3 is 18.3 Å². The van der Waals surface area contributed by atoms with Crippen molar-refractivity contribution in [1.82, 2.24) is 14.0 Å². The lowest BCUT2D eigenvalue weighted by molar-refractivity contribution is -0.737. The SMILES string of the molecule is Cc1ccc(-n2cc[n+](C3=NC([n+]4ccn(-c5ccc(C)cc5)c4)N(C(=O)[O-])C(O)=N3)c2)cc1.Cl.[Cl-]. The van der Waals surface area contributed by atoms with Gasteiger partial charge in [-0.2, -0.15) is 14.0 Å². The number of rotatable bonds is 3. The molecule has 2 aromatic heterocycles. The lowest BCUT2D eigenvalue weighted by Crippen LogP contribution is -3.00. The molecular formula is C24H23Cl2N7O3. The number of nitrogens with zero attached hydrogens (tertiary/aromatic N) is 7. The van der Waals surface area contributed by atoms with Gasteiger partial charge in [-0.25, -0.2) is 4.57 Å². The molecule has 4 aromatic rings. The van der Waals surface area contributed by atoms with Crippen molar-refractivity contribution in [2.75, 3.05) is 0 Å². The van der Waals surface area contributed by atoms with Crippen LogP contribution in [0.4, 0.5) is 4.79 Å². The molecule has 3 heterocycles. The third-order valence-electron chi connectivity index (χ3n) is 5.53. The van der Waals surface area contributed by atoms with E-state index in [0.717, 1.165) is 22.5 Å². The molecule has 1 N–H and O–H groups in total. The third kappa shape index (κ3) is 5.09. The van der Waals surface area contributed by atoms with E-state index in [4.69, 9.17) is 0 Å². The maximum atomic E-state index is 11.8. The van der Waals surface area contributed by atoms with Crippen LogP contribution in [0.3, 0.4) is 0 Å². The molecule has 186 valence electrons. The maximum Gasteiger partial charge on any atom is 0.394 e. The van der Waals surface area contributed by atoms with Gasteiger partial charge < -0.3 is 27.4 Å². The van der Waals surface area contributed by atoms with Gasteiger partial charge in [-0.1, -0.05) is 40.4 Å². The fraction of sp³-hybridized carbons (Fsp3) is 0.125. The van der Waals surface area contributed by atoms with Crippen molar-refractivity contribution < 1.29 is 36.5 Å². The van der Waals surface area contributed by atoms with Crippen LogP contribution in [0.1, 0.15) is 17.4 Å². The van der Waals surface area contributed by atoms with Gasteiger partial charge in [0.2, 0.25) is 0 Å². The lowest BCUT2D eigenvalue weighted by Gasteiger charge is -2.25. The number of aliphatic hydroxyl groups is 1. The van der Waals surface area contributed by atoms with Crippen molar-refractivity contribution in [3.8, 4) is 11.4 Å². The van der Waals surface area contributed by atoms with E-state index in [0.29, 0.717) is 4.90 Å². The number of amidine groups is 1. The molecule has 0 saturated carbocycles. The van der Waals surface area contributed by atoms with Gasteiger partial charge in [-0.05, 0) is 43.1 Å². The van der Waals surface area contributed by atoms with Gasteiger partial charge in [-0.15, -0.1) is 12.4 Å². The van der Waals surface area contributed by atoms with Gasteiger partial charge in [0, 0.05) is 0 Å². The van der Waals surface area contributed by atoms with Crippen LogP contribution in [-0.4, -0.2) is 37.2 Å². The molecule has 1 amide bonds. The molecule has 1 aliphatic heterocycles. The molecule has 0 bridgehead atoms. The van der Waals surface area contributed by atoms with Crippen molar-refractivity contribution in [2.24, 2.45) is 9.98 Å². The highest BCUT2D eigenvalue weighted by atomic mass is 35.5. The predicted octanol–water partition coefficient (Wildman–Crippen LogP) is -1.18. The summed E-state index contributed by atoms with van der Waals surface area (Å²) in [4.78, 5) is 20.9. The fourth-order valence-electron chi connectivity index (χ4n) is 3.66. The van der Waals surface area contributed by atoms with Crippen LogP contribution < -0.4 is 26.6 Å². The summed E-state index contributed by atoms with van der Waals surface area (Å²) in [5, 5.41) is 22.2. The largest absolute Gasteiger partial charge is 1.00 e. The Morgan fingerprint density at radius 3 is 2.00 bits per heavy atom. The number of hydrogen-bond acceptors (Lipinski definition) is 4. The van der Waals surface area contributed by atoms with Gasteiger partial charge in [0.05, 0.1) is 18.1 Å². The van der Waals surface area contributed by atoms with Crippen LogP contribution in [0, 0.1) is 13.8 Å². The third-order valence-corrected chi connectivity index (χ3v) is 5.53. The monoisotopic (exact) mass is 527 g/mol. The van der Waals surface area contributed by atoms with Crippen LogP contribution in [0.2, 0.25) is 0 Å². The second-order valence-corrected chi connectivity index (χ2v) is 7.99. The molecule has 1 atom stereocenters. The zero-order chi connectivity index (χ0) is 23.8. The zero-order valence-electron chi connectivity index (χ0n) is 19.3. The molecule has 0 aliphatic carbocycles. The first-order valence-electron chi connectivity index (χ1n) is 10.6. The Morgan fingerprint density at radius 1 is 0.917 bits per heavy atom. The Kier molecular flexibility index (Phi) is 7.81. The molecule has 2 aromatic carbocycles. The molecule has 1 unspecified atom stereocenters. The number of benzene rings is 2. The van der Waals surface area contributed by atoms with Gasteiger partial charge in [0.25, 0.3) is 6.33 Å². The number of imidazole rings is 2. The molecule has 0 radical (unpaired) electrons. The number of aliphatic imine (C=N–C) groups is 2. The Hall–Kier alpha value is -4.15. The topological polar surface area (TPSA) is 106 Å². The fourth-order valence-corrected chi connectivity index (χ4v) is 3.66. The summed E-state index contributed by atoms with van der Waals surface area (Å²) < 4.78 is 6.85. The number of halogens is 2. The summed E-state index contributed by atoms with van der Waals surface area (Å²) in [6.45, 7) is 4.02. The molecule has 12 heteroatoms. The first-order valence-corrected chi connectivity index (χ1v) is 10.6. The maximum absolute atomic E-state index is 11.8. The van der Waals surface area contributed by atoms with E-state index in [-0.39, 0.29) is 30.8 Å². The van der Waals surface area contributed by atoms with Crippen LogP contribution in [0.5, 0.6) is 0 Å². The summed E-state index contributed by atoms with van der Waals surface area (Å²) in [7, 11) is 0. The number of carboxylic acid groups (broad SMARTS) is 1. The molecule has 1 aliphatic rings. The Morgan fingerprint density at radius 2 is 1.44 bits per heavy atom. The standard InChI is InChI=1S/C24H21N7O3.2ClH/c1-17-3-7-19(8-4-17)27-11-13-29(15-27)21-25-22(31(24(33)34)23(32)26-21)30-14-12-28(16-30)20-9-5-18(2)6-10-20;;/h3-16,22H,1-2H3;2*1H. The number of carbonyl (C=O) groups is 1. The Labute approximate surface area is 219 Å². The summed E-state index contributed by atoms with van der Waals surface area (Å²) in [5.41, 5.74) is 4.11. The van der Waals surface area contributed by atoms with E-state index in [1.165, 1.54) is 0 Å². The second-order valence-electron chi connectivity index (χ2n) is 7.99. The normalized spacial score (nSPS) is 14.8. The highest BCUT2D eigenvalue weighted by Gasteiger charge is 2.38. The Balaban J connectivity index is 0.00000180. The number of carbonyl (C=O) groups excluding carboxylic acids is 1. The van der Waals surface area contributed by atoms with Crippen LogP contribution in [0.15, 0.2) is 96.0 Å². The van der Waals surface area contributed by atoms with Crippen LogP contribution >= 0.6 is 12.4 Å². The quantitative estimate of drug-likeness (QED) is 0.339. The van der Waals surface area contributed by atoms with E-state index in [2.05, 4.69) is 9.98 Å². The molecule has 0 fully saturated rings. The number of aromatic nitrogens is 4. The summed E-state index contributed by atoms with van der Waals surface area (Å²) in [5.74, 6) is 0.126. The number of aliphatic hydroxyl groups excluding tert-OH is 1. The molecule has 0 spiro atoms. The van der Waals surface area contributed by atoms with Crippen molar-refractivity contribution >= 4 is 30.5 Å². The lowest BCUT2D eigenvalue weighted by atomic mass is 10.2. The van der Waals surface area contributed by atoms with Gasteiger partial charge in [0.15, 0.2) is 12.4 Å². The van der Waals surface area contributed by atoms with Crippen LogP contribution in [-0.2, 0) is 0 Å². The van der Waals surface area contributed by atoms with Gasteiger partial charge in [-0.3, -0.25) is 4.57 Å². The summed E-state index contributed by atoms with van der Waals surface area (Å²) in [6, 6.07) is 15.1. The zero-order valence-corrected chi connectivity index (χ0v) is 20.9. The minimum absolute atomic E-state index is 0. The molecule has 0 saturated heterocycles. The van der Waals surface area contributed by atoms with Crippen molar-refractivity contribution in [3.63, 3.8) is 0 Å². The number of hydrogen-bond donors (Lipinski definition) is 1. The van der Waals surface area contributed by atoms with E-state index < -0.39 is 18.4 Å². The van der Waals surface area contributed by atoms with Crippen molar-refractivity contribution in [2.45, 2.75) is 20.1 Å². The Bertz CT molecular complexity index is 1430. The molecule has 36 heavy (non-hydrogen) atoms. The molecular weight excluding hydrogens is 505 g/mol. The predicted molar refractivity (Wildman–Crippen MR) is 128 cm³/mol. The van der Waals surface area contributed by atoms with Crippen molar-refractivity contribution in [1.29, 1.82) is 0 Å².